The minimum Gasteiger partial charge on any atom is -0.497 e. The number of benzene rings is 2. The van der Waals surface area contributed by atoms with Gasteiger partial charge in [0.2, 0.25) is 5.78 Å². The molecule has 2 atom stereocenters. The molecular formula is C26H25N2O6+. The van der Waals surface area contributed by atoms with Crippen molar-refractivity contribution in [3.8, 4) is 17.2 Å². The maximum absolute atomic E-state index is 13.6. The molecule has 0 aliphatic carbocycles. The van der Waals surface area contributed by atoms with E-state index >= 15 is 0 Å². The van der Waals surface area contributed by atoms with E-state index in [1.165, 1.54) is 26.2 Å². The van der Waals surface area contributed by atoms with Crippen molar-refractivity contribution in [3.05, 3.63) is 83.7 Å². The van der Waals surface area contributed by atoms with E-state index in [4.69, 9.17) is 14.2 Å². The van der Waals surface area contributed by atoms with Crippen LogP contribution in [-0.4, -0.2) is 43.7 Å². The maximum Gasteiger partial charge on any atom is 0.291 e. The summed E-state index contributed by atoms with van der Waals surface area (Å²) in [6.07, 6.45) is 3.48. The molecule has 0 saturated carbocycles. The molecule has 2 aromatic carbocycles. The average molecular weight is 461 g/mol. The van der Waals surface area contributed by atoms with Gasteiger partial charge >= 0.3 is 0 Å². The molecule has 1 amide bonds. The molecule has 1 saturated heterocycles. The number of hydrogen-bond donors (Lipinski definition) is 0. The van der Waals surface area contributed by atoms with Gasteiger partial charge in [0.05, 0.1) is 27.4 Å². The Hall–Kier alpha value is -4.20. The number of aromatic amines is 1. The number of Topliss-reactive ketones (excluding diaryl/α,β-unsaturated/α-hetero) is 2. The lowest BCUT2D eigenvalue weighted by molar-refractivity contribution is -0.378. The third kappa shape index (κ3) is 4.22. The first-order chi connectivity index (χ1) is 16.5. The van der Waals surface area contributed by atoms with Crippen LogP contribution in [0.25, 0.3) is 0 Å². The molecule has 1 aromatic heterocycles. The summed E-state index contributed by atoms with van der Waals surface area (Å²) < 4.78 is 15.9. The van der Waals surface area contributed by atoms with Crippen LogP contribution in [0.2, 0.25) is 0 Å². The molecule has 1 fully saturated rings. The van der Waals surface area contributed by atoms with Crippen LogP contribution in [0.3, 0.4) is 0 Å². The van der Waals surface area contributed by atoms with Crippen molar-refractivity contribution >= 4 is 17.5 Å². The summed E-state index contributed by atoms with van der Waals surface area (Å²) in [6, 6.07) is 14.5. The number of pyridine rings is 1. The van der Waals surface area contributed by atoms with Crippen LogP contribution in [0.5, 0.6) is 17.2 Å². The number of amides is 1. The third-order valence-electron chi connectivity index (χ3n) is 5.95. The molecule has 0 spiro atoms. The van der Waals surface area contributed by atoms with Gasteiger partial charge in [-0.1, -0.05) is 6.07 Å². The maximum atomic E-state index is 13.6. The molecule has 1 aliphatic heterocycles. The summed E-state index contributed by atoms with van der Waals surface area (Å²) in [6.45, 7) is 0.171. The lowest BCUT2D eigenvalue weighted by Gasteiger charge is -2.27. The van der Waals surface area contributed by atoms with Gasteiger partial charge in [0.1, 0.15) is 11.7 Å². The molecule has 174 valence electrons. The number of ether oxygens (including phenoxy) is 3. The van der Waals surface area contributed by atoms with Crippen LogP contribution in [0.4, 0.5) is 0 Å². The zero-order valence-corrected chi connectivity index (χ0v) is 19.1. The van der Waals surface area contributed by atoms with E-state index in [0.717, 1.165) is 5.56 Å². The molecule has 8 heteroatoms. The standard InChI is InChI=1S/C26H24N2O6/c1-32-19-7-4-17(5-8-19)24(29)22-23(18-6-9-20(33-2)21(14-18)34-3)28(26(31)25(22)30)15-16-10-12-27-13-11-16/h4-14,22-23H,15H2,1-3H3/p+1. The lowest BCUT2D eigenvalue weighted by Crippen LogP contribution is -2.30. The predicted molar refractivity (Wildman–Crippen MR) is 122 cm³/mol. The number of rotatable bonds is 8. The van der Waals surface area contributed by atoms with Crippen LogP contribution in [0.15, 0.2) is 67.0 Å². The predicted octanol–water partition coefficient (Wildman–Crippen LogP) is 2.68. The molecule has 34 heavy (non-hydrogen) atoms. The van der Waals surface area contributed by atoms with E-state index < -0.39 is 29.4 Å². The number of nitrogens with zero attached hydrogens (tertiary/aromatic N) is 1. The highest BCUT2D eigenvalue weighted by atomic mass is 16.5. The number of ketones is 2. The van der Waals surface area contributed by atoms with Gasteiger partial charge in [-0.05, 0) is 47.5 Å². The van der Waals surface area contributed by atoms with Gasteiger partial charge in [-0.25, -0.2) is 4.98 Å². The molecule has 3 aromatic rings. The van der Waals surface area contributed by atoms with Crippen molar-refractivity contribution in [1.82, 2.24) is 4.90 Å². The Morgan fingerprint density at radius 2 is 1.56 bits per heavy atom. The fourth-order valence-electron chi connectivity index (χ4n) is 4.22. The highest BCUT2D eigenvalue weighted by Gasteiger charge is 2.51. The summed E-state index contributed by atoms with van der Waals surface area (Å²) in [4.78, 5) is 44.3. The van der Waals surface area contributed by atoms with Crippen molar-refractivity contribution in [2.45, 2.75) is 12.6 Å². The fraction of sp³-hybridized carbons (Fsp3) is 0.231. The second-order valence-electron chi connectivity index (χ2n) is 7.84. The summed E-state index contributed by atoms with van der Waals surface area (Å²) in [5.74, 6) is -1.52. The van der Waals surface area contributed by atoms with Gasteiger partial charge in [0, 0.05) is 24.2 Å². The molecule has 4 rings (SSSR count). The summed E-state index contributed by atoms with van der Waals surface area (Å²) in [5, 5.41) is 0. The van der Waals surface area contributed by atoms with E-state index in [1.807, 2.05) is 12.1 Å². The number of carbonyl (C=O) groups excluding carboxylic acids is 3. The summed E-state index contributed by atoms with van der Waals surface area (Å²) >= 11 is 0. The number of nitrogens with one attached hydrogen (secondary N) is 1. The first-order valence-corrected chi connectivity index (χ1v) is 10.7. The quantitative estimate of drug-likeness (QED) is 0.291. The van der Waals surface area contributed by atoms with E-state index in [9.17, 15) is 14.4 Å². The molecular weight excluding hydrogens is 436 g/mol. The monoisotopic (exact) mass is 461 g/mol. The molecule has 0 radical (unpaired) electrons. The highest BCUT2D eigenvalue weighted by Crippen LogP contribution is 2.41. The van der Waals surface area contributed by atoms with E-state index in [2.05, 4.69) is 4.98 Å². The molecule has 2 heterocycles. The van der Waals surface area contributed by atoms with Crippen LogP contribution >= 0.6 is 0 Å². The summed E-state index contributed by atoms with van der Waals surface area (Å²) in [5.41, 5.74) is 1.75. The minimum absolute atomic E-state index is 0.171. The summed E-state index contributed by atoms with van der Waals surface area (Å²) in [7, 11) is 4.56. The Balaban J connectivity index is 1.80. The highest BCUT2D eigenvalue weighted by molar-refractivity contribution is 6.44. The van der Waals surface area contributed by atoms with Crippen LogP contribution in [-0.2, 0) is 16.1 Å². The first-order valence-electron chi connectivity index (χ1n) is 10.7. The van der Waals surface area contributed by atoms with Crippen molar-refractivity contribution in [1.29, 1.82) is 0 Å². The Bertz CT molecular complexity index is 1210. The lowest BCUT2D eigenvalue weighted by atomic mass is 9.86. The molecule has 1 aliphatic rings. The van der Waals surface area contributed by atoms with Gasteiger partial charge in [0.25, 0.3) is 5.91 Å². The number of carbonyl (C=O) groups is 3. The van der Waals surface area contributed by atoms with Gasteiger partial charge < -0.3 is 19.1 Å². The fourth-order valence-corrected chi connectivity index (χ4v) is 4.22. The Morgan fingerprint density at radius 1 is 0.882 bits per heavy atom. The number of aromatic nitrogens is 1. The zero-order chi connectivity index (χ0) is 24.2. The van der Waals surface area contributed by atoms with E-state index in [-0.39, 0.29) is 6.54 Å². The Morgan fingerprint density at radius 3 is 2.18 bits per heavy atom. The topological polar surface area (TPSA) is 96.3 Å². The van der Waals surface area contributed by atoms with E-state index in [1.54, 1.807) is 54.9 Å². The molecule has 8 nitrogen and oxygen atoms in total. The van der Waals surface area contributed by atoms with Crippen LogP contribution in [0.1, 0.15) is 27.5 Å². The smallest absolute Gasteiger partial charge is 0.291 e. The molecule has 1 N–H and O–H groups in total. The molecule has 2 unspecified atom stereocenters. The Labute approximate surface area is 197 Å². The number of likely N-dealkylation sites (tertiary alicyclic amines) is 1. The van der Waals surface area contributed by atoms with Gasteiger partial charge in [0.15, 0.2) is 29.7 Å². The zero-order valence-electron chi connectivity index (χ0n) is 19.1. The number of hydrogen-bond acceptors (Lipinski definition) is 6. The first kappa shape index (κ1) is 23.0. The van der Waals surface area contributed by atoms with Gasteiger partial charge in [-0.15, -0.1) is 0 Å². The van der Waals surface area contributed by atoms with Crippen molar-refractivity contribution < 1.29 is 33.6 Å². The Kier molecular flexibility index (Phi) is 6.58. The molecule has 0 bridgehead atoms. The largest absolute Gasteiger partial charge is 0.497 e. The van der Waals surface area contributed by atoms with Crippen LogP contribution in [0, 0.1) is 5.92 Å². The van der Waals surface area contributed by atoms with Gasteiger partial charge in [-0.3, -0.25) is 14.4 Å². The number of H-pyrrole nitrogens is 1. The third-order valence-corrected chi connectivity index (χ3v) is 5.95. The average Bonchev–Trinajstić information content (AvgIpc) is 3.13. The normalized spacial score (nSPS) is 17.6. The van der Waals surface area contributed by atoms with Gasteiger partial charge in [-0.2, -0.15) is 0 Å². The minimum atomic E-state index is -1.20. The van der Waals surface area contributed by atoms with E-state index in [0.29, 0.717) is 28.4 Å². The van der Waals surface area contributed by atoms with Crippen LogP contribution < -0.4 is 19.2 Å². The second-order valence-corrected chi connectivity index (χ2v) is 7.84. The number of methoxy groups -OCH3 is 3. The van der Waals surface area contributed by atoms with Crippen molar-refractivity contribution in [2.24, 2.45) is 5.92 Å². The SMILES string of the molecule is COc1ccc(C(=O)C2C(=O)C(=O)N(Cc3cc[nH+]cc3)C2c2ccc(OC)c(OC)c2)cc1. The van der Waals surface area contributed by atoms with Crippen molar-refractivity contribution in [3.63, 3.8) is 0 Å². The van der Waals surface area contributed by atoms with Crippen molar-refractivity contribution in [2.75, 3.05) is 21.3 Å². The second kappa shape index (κ2) is 9.74.